The normalized spacial score (nSPS) is 18.6. The molecule has 0 saturated carbocycles. The number of piperidine rings is 1. The van der Waals surface area contributed by atoms with Gasteiger partial charge in [0.2, 0.25) is 5.91 Å². The van der Waals surface area contributed by atoms with Crippen LogP contribution in [0.25, 0.3) is 16.7 Å². The van der Waals surface area contributed by atoms with Crippen molar-refractivity contribution >= 4 is 38.6 Å². The summed E-state index contributed by atoms with van der Waals surface area (Å²) in [5, 5.41) is 0. The number of amides is 1. The summed E-state index contributed by atoms with van der Waals surface area (Å²) in [5.41, 5.74) is 7.16. The molecule has 6 rings (SSSR count). The summed E-state index contributed by atoms with van der Waals surface area (Å²) in [6.07, 6.45) is 2.00. The summed E-state index contributed by atoms with van der Waals surface area (Å²) < 4.78 is 3.31. The average Bonchev–Trinajstić information content (AvgIpc) is 3.31. The Balaban J connectivity index is 1.15. The predicted octanol–water partition coefficient (Wildman–Crippen LogP) is 5.97. The van der Waals surface area contributed by atoms with Crippen molar-refractivity contribution in [2.24, 2.45) is 5.92 Å². The largest absolute Gasteiger partial charge is 0.368 e. The van der Waals surface area contributed by atoms with Crippen molar-refractivity contribution in [1.82, 2.24) is 19.4 Å². The molecule has 2 aliphatic rings. The fraction of sp³-hybridized carbons (Fsp3) is 0.375. The highest BCUT2D eigenvalue weighted by molar-refractivity contribution is 9.10. The Morgan fingerprint density at radius 3 is 2.44 bits per heavy atom. The zero-order valence-corrected chi connectivity index (χ0v) is 24.4. The Labute approximate surface area is 239 Å². The molecule has 1 atom stereocenters. The van der Waals surface area contributed by atoms with E-state index in [0.29, 0.717) is 5.91 Å². The topological polar surface area (TPSA) is 44.6 Å². The van der Waals surface area contributed by atoms with E-state index in [2.05, 4.69) is 104 Å². The van der Waals surface area contributed by atoms with Crippen LogP contribution in [0, 0.1) is 19.8 Å². The van der Waals surface area contributed by atoms with Crippen LogP contribution in [-0.4, -0.2) is 64.5 Å². The number of halogens is 1. The molecule has 0 radical (unpaired) electrons. The van der Waals surface area contributed by atoms with Crippen molar-refractivity contribution in [1.29, 1.82) is 0 Å². The van der Waals surface area contributed by atoms with E-state index in [-0.39, 0.29) is 5.92 Å². The quantitative estimate of drug-likeness (QED) is 0.289. The zero-order valence-electron chi connectivity index (χ0n) is 22.8. The molecule has 0 spiro atoms. The molecular formula is C32H36BrN5O. The van der Waals surface area contributed by atoms with E-state index in [1.807, 2.05) is 12.1 Å². The van der Waals surface area contributed by atoms with Gasteiger partial charge in [-0.2, -0.15) is 0 Å². The van der Waals surface area contributed by atoms with Gasteiger partial charge in [-0.3, -0.25) is 14.3 Å². The molecule has 2 fully saturated rings. The number of aromatic nitrogens is 2. The second-order valence-corrected chi connectivity index (χ2v) is 11.9. The lowest BCUT2D eigenvalue weighted by molar-refractivity contribution is -0.137. The van der Waals surface area contributed by atoms with E-state index >= 15 is 0 Å². The van der Waals surface area contributed by atoms with Gasteiger partial charge in [-0.1, -0.05) is 52.3 Å². The third-order valence-electron chi connectivity index (χ3n) is 8.26. The first kappa shape index (κ1) is 26.1. The molecule has 1 amide bonds. The van der Waals surface area contributed by atoms with Crippen molar-refractivity contribution in [2.75, 3.05) is 44.2 Å². The van der Waals surface area contributed by atoms with Crippen molar-refractivity contribution in [3.8, 4) is 5.69 Å². The predicted molar refractivity (Wildman–Crippen MR) is 161 cm³/mol. The first-order valence-electron chi connectivity index (χ1n) is 14.0. The number of aryl methyl sites for hydroxylation is 2. The van der Waals surface area contributed by atoms with Gasteiger partial charge in [0.05, 0.1) is 23.5 Å². The molecule has 39 heavy (non-hydrogen) atoms. The van der Waals surface area contributed by atoms with Gasteiger partial charge in [-0.25, -0.2) is 4.98 Å². The van der Waals surface area contributed by atoms with Crippen molar-refractivity contribution < 1.29 is 4.79 Å². The average molecular weight is 587 g/mol. The van der Waals surface area contributed by atoms with E-state index in [4.69, 9.17) is 4.98 Å². The number of anilines is 1. The highest BCUT2D eigenvalue weighted by Crippen LogP contribution is 2.28. The molecule has 0 N–H and O–H groups in total. The van der Waals surface area contributed by atoms with E-state index in [0.717, 1.165) is 85.7 Å². The Bertz CT molecular complexity index is 1470. The van der Waals surface area contributed by atoms with Gasteiger partial charge in [0.15, 0.2) is 0 Å². The molecule has 4 aromatic rings. The third-order valence-corrected chi connectivity index (χ3v) is 8.76. The summed E-state index contributed by atoms with van der Waals surface area (Å²) in [4.78, 5) is 25.7. The number of imidazole rings is 1. The van der Waals surface area contributed by atoms with Crippen LogP contribution < -0.4 is 4.90 Å². The highest BCUT2D eigenvalue weighted by Gasteiger charge is 2.32. The summed E-state index contributed by atoms with van der Waals surface area (Å²) in [5.74, 6) is 1.39. The summed E-state index contributed by atoms with van der Waals surface area (Å²) in [6.45, 7) is 10.2. The second-order valence-electron chi connectivity index (χ2n) is 11.0. The lowest BCUT2D eigenvalue weighted by Gasteiger charge is -2.40. The molecular weight excluding hydrogens is 550 g/mol. The van der Waals surface area contributed by atoms with Gasteiger partial charge in [-0.15, -0.1) is 0 Å². The van der Waals surface area contributed by atoms with Gasteiger partial charge < -0.3 is 9.80 Å². The smallest absolute Gasteiger partial charge is 0.227 e. The number of nitrogens with zero attached hydrogens (tertiary/aromatic N) is 5. The number of carbonyl (C=O) groups is 1. The molecule has 0 bridgehead atoms. The SMILES string of the molecule is Cc1cccc(C)c1N1CCN(C(=O)[C@H]2CCCN(Cc3nc4ccccc4n3-c3cccc(Br)c3)C2)CC1. The summed E-state index contributed by atoms with van der Waals surface area (Å²) >= 11 is 3.63. The minimum atomic E-state index is 0.0502. The standard InChI is InChI=1S/C32H36BrN5O/c1-23-8-5-9-24(2)31(23)36-16-18-37(19-17-36)32(39)25-10-7-15-35(21-25)22-30-34-28-13-3-4-14-29(28)38(30)27-12-6-11-26(33)20-27/h3-6,8-9,11-14,20,25H,7,10,15-19,21-22H2,1-2H3/t25-/m0/s1. The fourth-order valence-corrected chi connectivity index (χ4v) is 6.79. The van der Waals surface area contributed by atoms with Crippen LogP contribution >= 0.6 is 15.9 Å². The zero-order chi connectivity index (χ0) is 26.9. The van der Waals surface area contributed by atoms with Crippen LogP contribution in [0.4, 0.5) is 5.69 Å². The number of para-hydroxylation sites is 3. The molecule has 0 aliphatic carbocycles. The number of carbonyl (C=O) groups excluding carboxylic acids is 1. The van der Waals surface area contributed by atoms with E-state index in [9.17, 15) is 4.79 Å². The molecule has 6 nitrogen and oxygen atoms in total. The minimum absolute atomic E-state index is 0.0502. The Morgan fingerprint density at radius 1 is 0.923 bits per heavy atom. The fourth-order valence-electron chi connectivity index (χ4n) is 6.40. The number of benzene rings is 3. The van der Waals surface area contributed by atoms with Gasteiger partial charge in [0, 0.05) is 48.6 Å². The Kier molecular flexibility index (Phi) is 7.45. The van der Waals surface area contributed by atoms with Crippen molar-refractivity contribution in [3.63, 3.8) is 0 Å². The Hall–Kier alpha value is -3.16. The summed E-state index contributed by atoms with van der Waals surface area (Å²) in [6, 6.07) is 23.2. The van der Waals surface area contributed by atoms with E-state index in [1.54, 1.807) is 0 Å². The van der Waals surface area contributed by atoms with Crippen LogP contribution in [0.15, 0.2) is 71.2 Å². The molecule has 7 heteroatoms. The number of fused-ring (bicyclic) bond motifs is 1. The number of likely N-dealkylation sites (tertiary alicyclic amines) is 1. The number of hydrogen-bond acceptors (Lipinski definition) is 4. The lowest BCUT2D eigenvalue weighted by Crippen LogP contribution is -2.52. The van der Waals surface area contributed by atoms with Crippen LogP contribution in [0.5, 0.6) is 0 Å². The minimum Gasteiger partial charge on any atom is -0.368 e. The van der Waals surface area contributed by atoms with Crippen molar-refractivity contribution in [2.45, 2.75) is 33.2 Å². The van der Waals surface area contributed by atoms with Crippen molar-refractivity contribution in [3.05, 3.63) is 88.2 Å². The molecule has 0 unspecified atom stereocenters. The second kappa shape index (κ2) is 11.1. The molecule has 1 aromatic heterocycles. The van der Waals surface area contributed by atoms with Gasteiger partial charge in [0.1, 0.15) is 5.82 Å². The highest BCUT2D eigenvalue weighted by atomic mass is 79.9. The maximum absolute atomic E-state index is 13.6. The molecule has 202 valence electrons. The number of rotatable bonds is 5. The third kappa shape index (κ3) is 5.35. The van der Waals surface area contributed by atoms with Crippen LogP contribution in [0.2, 0.25) is 0 Å². The van der Waals surface area contributed by atoms with Gasteiger partial charge in [-0.05, 0) is 74.7 Å². The number of piperazine rings is 1. The molecule has 2 aliphatic heterocycles. The summed E-state index contributed by atoms with van der Waals surface area (Å²) in [7, 11) is 0. The van der Waals surface area contributed by atoms with E-state index in [1.165, 1.54) is 16.8 Å². The van der Waals surface area contributed by atoms with Crippen LogP contribution in [0.1, 0.15) is 29.8 Å². The molecule has 2 saturated heterocycles. The monoisotopic (exact) mass is 585 g/mol. The van der Waals surface area contributed by atoms with Gasteiger partial charge in [0.25, 0.3) is 0 Å². The lowest BCUT2D eigenvalue weighted by atomic mass is 9.96. The first-order chi connectivity index (χ1) is 19.0. The van der Waals surface area contributed by atoms with Crippen LogP contribution in [0.3, 0.4) is 0 Å². The van der Waals surface area contributed by atoms with Crippen LogP contribution in [-0.2, 0) is 11.3 Å². The number of hydrogen-bond donors (Lipinski definition) is 0. The maximum Gasteiger partial charge on any atom is 0.227 e. The van der Waals surface area contributed by atoms with Gasteiger partial charge >= 0.3 is 0 Å². The molecule has 3 heterocycles. The first-order valence-corrected chi connectivity index (χ1v) is 14.8. The van der Waals surface area contributed by atoms with E-state index < -0.39 is 0 Å². The Morgan fingerprint density at radius 2 is 1.67 bits per heavy atom. The maximum atomic E-state index is 13.6. The molecule has 3 aromatic carbocycles.